The van der Waals surface area contributed by atoms with Crippen LogP contribution in [0.4, 0.5) is 0 Å². The fraction of sp³-hybridized carbons (Fsp3) is 1.00. The highest BCUT2D eigenvalue weighted by Crippen LogP contribution is 2.11. The maximum Gasteiger partial charge on any atom is 0.635 e. The number of hydrogen-bond acceptors (Lipinski definition) is 4. The smallest absolute Gasteiger partial charge is 0.402 e. The Balaban J connectivity index is 2.91. The molecule has 0 rings (SSSR count). The third-order valence-corrected chi connectivity index (χ3v) is 3.19. The first-order valence-electron chi connectivity index (χ1n) is 7.83. The minimum absolute atomic E-state index is 0.0462. The normalized spacial score (nSPS) is 10.9. The van der Waals surface area contributed by atoms with Gasteiger partial charge in [-0.2, -0.15) is 0 Å². The fourth-order valence-electron chi connectivity index (χ4n) is 2.04. The summed E-state index contributed by atoms with van der Waals surface area (Å²) in [6.45, 7) is 2.83. The number of rotatable bonds is 15. The fourth-order valence-corrected chi connectivity index (χ4v) is 2.04. The van der Waals surface area contributed by atoms with Gasteiger partial charge in [0.1, 0.15) is 6.79 Å². The summed E-state index contributed by atoms with van der Waals surface area (Å²) >= 11 is 0. The van der Waals surface area contributed by atoms with Gasteiger partial charge in [-0.25, -0.2) is 0 Å². The van der Waals surface area contributed by atoms with Crippen LogP contribution in [-0.4, -0.2) is 30.8 Å². The predicted molar refractivity (Wildman–Crippen MR) is 78.6 cm³/mol. The molecule has 0 radical (unpaired) electrons. The summed E-state index contributed by atoms with van der Waals surface area (Å²) in [6.07, 6.45) is 14.4. The third-order valence-electron chi connectivity index (χ3n) is 3.19. The Bertz CT molecular complexity index is 168. The Labute approximate surface area is 118 Å². The van der Waals surface area contributed by atoms with Gasteiger partial charge in [0.05, 0.1) is 0 Å². The van der Waals surface area contributed by atoms with Gasteiger partial charge in [0, 0.05) is 6.61 Å². The van der Waals surface area contributed by atoms with E-state index in [-0.39, 0.29) is 6.79 Å². The average Bonchev–Trinajstić information content (AvgIpc) is 2.39. The second kappa shape index (κ2) is 16.0. The first-order chi connectivity index (χ1) is 9.27. The van der Waals surface area contributed by atoms with E-state index in [1.807, 2.05) is 0 Å². The van der Waals surface area contributed by atoms with Crippen molar-refractivity contribution in [1.29, 1.82) is 0 Å². The zero-order valence-corrected chi connectivity index (χ0v) is 12.5. The van der Waals surface area contributed by atoms with Crippen molar-refractivity contribution in [2.45, 2.75) is 77.6 Å². The monoisotopic (exact) mass is 274 g/mol. The molecule has 5 heteroatoms. The lowest BCUT2D eigenvalue weighted by molar-refractivity contribution is -0.0121. The maximum atomic E-state index is 8.40. The summed E-state index contributed by atoms with van der Waals surface area (Å²) < 4.78 is 9.52. The van der Waals surface area contributed by atoms with E-state index < -0.39 is 7.32 Å². The molecule has 0 atom stereocenters. The Kier molecular flexibility index (Phi) is 15.9. The first kappa shape index (κ1) is 18.9. The molecule has 0 aromatic rings. The zero-order chi connectivity index (χ0) is 14.2. The molecule has 19 heavy (non-hydrogen) atoms. The van der Waals surface area contributed by atoms with Crippen LogP contribution in [0.3, 0.4) is 0 Å². The Morgan fingerprint density at radius 2 is 1.21 bits per heavy atom. The topological polar surface area (TPSA) is 58.9 Å². The van der Waals surface area contributed by atoms with Gasteiger partial charge >= 0.3 is 7.32 Å². The molecule has 2 N–H and O–H groups in total. The SMILES string of the molecule is CCCCCCCCCCCCCOCOB(O)O. The molecule has 0 saturated carbocycles. The van der Waals surface area contributed by atoms with Crippen molar-refractivity contribution >= 4 is 7.32 Å². The molecule has 0 aliphatic carbocycles. The number of ether oxygens (including phenoxy) is 1. The quantitative estimate of drug-likeness (QED) is 0.273. The Morgan fingerprint density at radius 3 is 1.68 bits per heavy atom. The molecule has 0 heterocycles. The molecule has 0 fully saturated rings. The summed E-state index contributed by atoms with van der Waals surface area (Å²) in [5.41, 5.74) is 0. The maximum absolute atomic E-state index is 8.40. The summed E-state index contributed by atoms with van der Waals surface area (Å²) in [6, 6.07) is 0. The van der Waals surface area contributed by atoms with E-state index in [0.717, 1.165) is 6.42 Å². The van der Waals surface area contributed by atoms with Crippen LogP contribution in [0.5, 0.6) is 0 Å². The highest BCUT2D eigenvalue weighted by atomic mass is 16.7. The predicted octanol–water partition coefficient (Wildman–Crippen LogP) is 3.26. The molecule has 0 bridgehead atoms. The zero-order valence-electron chi connectivity index (χ0n) is 12.5. The molecule has 114 valence electrons. The number of unbranched alkanes of at least 4 members (excludes halogenated alkanes) is 10. The van der Waals surface area contributed by atoms with E-state index in [1.165, 1.54) is 64.2 Å². The van der Waals surface area contributed by atoms with Crippen molar-refractivity contribution in [1.82, 2.24) is 0 Å². The Morgan fingerprint density at radius 1 is 0.737 bits per heavy atom. The molecular formula is C14H31BO4. The van der Waals surface area contributed by atoms with E-state index >= 15 is 0 Å². The third kappa shape index (κ3) is 17.9. The summed E-state index contributed by atoms with van der Waals surface area (Å²) in [4.78, 5) is 0. The van der Waals surface area contributed by atoms with Crippen LogP contribution in [0.1, 0.15) is 77.6 Å². The van der Waals surface area contributed by atoms with Gasteiger partial charge in [-0.05, 0) is 6.42 Å². The van der Waals surface area contributed by atoms with E-state index in [9.17, 15) is 0 Å². The van der Waals surface area contributed by atoms with Crippen LogP contribution in [0.2, 0.25) is 0 Å². The molecule has 0 amide bonds. The molecule has 0 spiro atoms. The van der Waals surface area contributed by atoms with Crippen LogP contribution in [0.25, 0.3) is 0 Å². The van der Waals surface area contributed by atoms with Crippen molar-refractivity contribution in [2.24, 2.45) is 0 Å². The highest BCUT2D eigenvalue weighted by molar-refractivity contribution is 6.32. The van der Waals surface area contributed by atoms with E-state index in [4.69, 9.17) is 14.8 Å². The van der Waals surface area contributed by atoms with Gasteiger partial charge in [-0.3, -0.25) is 0 Å². The standard InChI is InChI=1S/C14H31BO4/c1-2-3-4-5-6-7-8-9-10-11-12-13-18-14-19-15(16)17/h16-17H,2-14H2,1H3. The van der Waals surface area contributed by atoms with Gasteiger partial charge in [0.15, 0.2) is 0 Å². The summed E-state index contributed by atoms with van der Waals surface area (Å²) in [5, 5.41) is 16.8. The van der Waals surface area contributed by atoms with E-state index in [1.54, 1.807) is 0 Å². The van der Waals surface area contributed by atoms with Gasteiger partial charge in [0.2, 0.25) is 0 Å². The van der Waals surface area contributed by atoms with Gasteiger partial charge < -0.3 is 19.4 Å². The van der Waals surface area contributed by atoms with Crippen LogP contribution in [0, 0.1) is 0 Å². The summed E-state index contributed by atoms with van der Waals surface area (Å²) in [7, 11) is -1.72. The van der Waals surface area contributed by atoms with Crippen molar-refractivity contribution < 1.29 is 19.4 Å². The molecule has 0 saturated heterocycles. The van der Waals surface area contributed by atoms with Crippen molar-refractivity contribution in [3.63, 3.8) is 0 Å². The second-order valence-corrected chi connectivity index (χ2v) is 5.05. The molecule has 4 nitrogen and oxygen atoms in total. The van der Waals surface area contributed by atoms with Crippen LogP contribution in [-0.2, 0) is 9.39 Å². The molecule has 0 aliphatic rings. The molecule has 0 aromatic carbocycles. The first-order valence-corrected chi connectivity index (χ1v) is 7.83. The van der Waals surface area contributed by atoms with Crippen LogP contribution >= 0.6 is 0 Å². The average molecular weight is 274 g/mol. The Hall–Kier alpha value is -0.0951. The van der Waals surface area contributed by atoms with E-state index in [2.05, 4.69) is 11.6 Å². The number of hydrogen-bond donors (Lipinski definition) is 2. The van der Waals surface area contributed by atoms with Gasteiger partial charge in [-0.15, -0.1) is 0 Å². The summed E-state index contributed by atoms with van der Waals surface area (Å²) in [5.74, 6) is 0. The highest BCUT2D eigenvalue weighted by Gasteiger charge is 2.06. The van der Waals surface area contributed by atoms with Crippen LogP contribution in [0.15, 0.2) is 0 Å². The minimum Gasteiger partial charge on any atom is -0.402 e. The molecule has 0 unspecified atom stereocenters. The molecule has 0 aliphatic heterocycles. The molecular weight excluding hydrogens is 243 g/mol. The second-order valence-electron chi connectivity index (χ2n) is 5.05. The van der Waals surface area contributed by atoms with Crippen molar-refractivity contribution in [3.8, 4) is 0 Å². The van der Waals surface area contributed by atoms with Crippen molar-refractivity contribution in [2.75, 3.05) is 13.4 Å². The lowest BCUT2D eigenvalue weighted by atomic mass is 10.1. The minimum atomic E-state index is -1.72. The van der Waals surface area contributed by atoms with Crippen molar-refractivity contribution in [3.05, 3.63) is 0 Å². The largest absolute Gasteiger partial charge is 0.635 e. The van der Waals surface area contributed by atoms with Gasteiger partial charge in [0.25, 0.3) is 0 Å². The molecule has 0 aromatic heterocycles. The van der Waals surface area contributed by atoms with Gasteiger partial charge in [-0.1, -0.05) is 71.1 Å². The van der Waals surface area contributed by atoms with Crippen LogP contribution < -0.4 is 0 Å². The lowest BCUT2D eigenvalue weighted by Crippen LogP contribution is -2.18. The van der Waals surface area contributed by atoms with E-state index in [0.29, 0.717) is 6.61 Å². The lowest BCUT2D eigenvalue weighted by Gasteiger charge is -2.05.